The van der Waals surface area contributed by atoms with E-state index in [1.807, 2.05) is 0 Å². The molecule has 0 aliphatic heterocycles. The molecular weight excluding hydrogens is 400 g/mol. The van der Waals surface area contributed by atoms with Gasteiger partial charge in [0.05, 0.1) is 19.8 Å². The Bertz CT molecular complexity index is 330. The Morgan fingerprint density at radius 2 is 0.844 bits per heavy atom. The minimum Gasteiger partial charge on any atom is -0.370 e. The predicted molar refractivity (Wildman–Crippen MR) is 137 cm³/mol. The van der Waals surface area contributed by atoms with Crippen molar-refractivity contribution < 1.29 is 18.9 Å². The van der Waals surface area contributed by atoms with Crippen molar-refractivity contribution in [1.82, 2.24) is 0 Å². The van der Waals surface area contributed by atoms with E-state index < -0.39 is 5.97 Å². The molecule has 1 atom stereocenters. The molecule has 0 radical (unpaired) electrons. The Morgan fingerprint density at radius 3 is 1.28 bits per heavy atom. The van der Waals surface area contributed by atoms with Gasteiger partial charge in [-0.2, -0.15) is 0 Å². The van der Waals surface area contributed by atoms with E-state index in [1.54, 1.807) is 0 Å². The first-order chi connectivity index (χ1) is 15.7. The zero-order chi connectivity index (χ0) is 23.8. The minimum absolute atomic E-state index is 0.168. The van der Waals surface area contributed by atoms with E-state index in [9.17, 15) is 0 Å². The summed E-state index contributed by atoms with van der Waals surface area (Å²) < 4.78 is 25.8. The van der Waals surface area contributed by atoms with Crippen LogP contribution in [0.3, 0.4) is 0 Å². The third-order valence-corrected chi connectivity index (χ3v) is 5.89. The van der Waals surface area contributed by atoms with Gasteiger partial charge in [0, 0.05) is 6.61 Å². The molecule has 0 amide bonds. The highest BCUT2D eigenvalue weighted by Gasteiger charge is 2.43. The molecule has 0 saturated carbocycles. The van der Waals surface area contributed by atoms with Gasteiger partial charge in [-0.3, -0.25) is 0 Å². The molecule has 0 N–H and O–H groups in total. The maximum absolute atomic E-state index is 6.48. The van der Waals surface area contributed by atoms with Gasteiger partial charge in [0.15, 0.2) is 0 Å². The zero-order valence-electron chi connectivity index (χ0n) is 22.6. The highest BCUT2D eigenvalue weighted by atomic mass is 16.9. The van der Waals surface area contributed by atoms with Crippen molar-refractivity contribution in [2.24, 2.45) is 0 Å². The van der Waals surface area contributed by atoms with Crippen LogP contribution in [0.5, 0.6) is 0 Å². The number of hydrogen-bond donors (Lipinski definition) is 0. The van der Waals surface area contributed by atoms with Crippen molar-refractivity contribution in [3.05, 3.63) is 0 Å². The van der Waals surface area contributed by atoms with Gasteiger partial charge in [-0.1, -0.05) is 112 Å². The first-order valence-electron chi connectivity index (χ1n) is 14.2. The summed E-state index contributed by atoms with van der Waals surface area (Å²) in [5, 5.41) is 0. The van der Waals surface area contributed by atoms with Gasteiger partial charge in [-0.25, -0.2) is 0 Å². The summed E-state index contributed by atoms with van der Waals surface area (Å²) in [6.07, 6.45) is 19.5. The van der Waals surface area contributed by atoms with Crippen LogP contribution in [0.2, 0.25) is 0 Å². The van der Waals surface area contributed by atoms with Crippen molar-refractivity contribution in [3.8, 4) is 0 Å². The maximum Gasteiger partial charge on any atom is 0.310 e. The minimum atomic E-state index is -1.06. The van der Waals surface area contributed by atoms with Crippen LogP contribution in [0, 0.1) is 0 Å². The number of ether oxygens (including phenoxy) is 4. The Balaban J connectivity index is 5.31. The van der Waals surface area contributed by atoms with E-state index >= 15 is 0 Å². The fourth-order valence-corrected chi connectivity index (χ4v) is 3.84. The molecule has 0 heterocycles. The number of unbranched alkanes of at least 4 members (excludes halogenated alkanes) is 11. The second-order valence-corrected chi connectivity index (χ2v) is 9.19. The first-order valence-corrected chi connectivity index (χ1v) is 14.2. The molecule has 1 unspecified atom stereocenters. The molecule has 0 aromatic heterocycles. The summed E-state index contributed by atoms with van der Waals surface area (Å²) in [4.78, 5) is 0. The lowest BCUT2D eigenvalue weighted by atomic mass is 10.1. The average molecular weight is 459 g/mol. The Kier molecular flexibility index (Phi) is 23.9. The summed E-state index contributed by atoms with van der Waals surface area (Å²) in [6.45, 7) is 13.8. The molecule has 0 rings (SSSR count). The zero-order valence-corrected chi connectivity index (χ0v) is 22.6. The van der Waals surface area contributed by atoms with Gasteiger partial charge in [-0.15, -0.1) is 0 Å². The van der Waals surface area contributed by atoms with Crippen LogP contribution in [0.25, 0.3) is 0 Å². The van der Waals surface area contributed by atoms with Gasteiger partial charge in [-0.05, 0) is 32.1 Å². The van der Waals surface area contributed by atoms with Crippen LogP contribution in [0.15, 0.2) is 0 Å². The Labute approximate surface area is 201 Å². The van der Waals surface area contributed by atoms with Crippen molar-refractivity contribution in [3.63, 3.8) is 0 Å². The normalized spacial score (nSPS) is 13.0. The second-order valence-electron chi connectivity index (χ2n) is 9.19. The fraction of sp³-hybridized carbons (Fsp3) is 1.00. The third-order valence-electron chi connectivity index (χ3n) is 5.89. The van der Waals surface area contributed by atoms with Crippen LogP contribution in [-0.4, -0.2) is 38.5 Å². The number of hydrogen-bond acceptors (Lipinski definition) is 4. The smallest absolute Gasteiger partial charge is 0.310 e. The highest BCUT2D eigenvalue weighted by Crippen LogP contribution is 2.29. The molecule has 0 aromatic carbocycles. The Hall–Kier alpha value is -0.160. The van der Waals surface area contributed by atoms with E-state index in [4.69, 9.17) is 18.9 Å². The van der Waals surface area contributed by atoms with Crippen molar-refractivity contribution in [2.75, 3.05) is 26.4 Å². The molecule has 0 saturated heterocycles. The standard InChI is InChI=1S/C28H58O4/c1-6-11-15-16-17-18-22-27(29-23-10-5)28(30-24-19-12-7-2,31-25-20-13-8-3)32-26-21-14-9-4/h27H,6-26H2,1-5H3. The predicted octanol–water partition coefficient (Wildman–Crippen LogP) is 8.81. The third kappa shape index (κ3) is 16.5. The molecule has 0 aliphatic carbocycles. The molecule has 194 valence electrons. The summed E-state index contributed by atoms with van der Waals surface area (Å²) >= 11 is 0. The molecule has 0 aromatic rings. The van der Waals surface area contributed by atoms with Crippen LogP contribution >= 0.6 is 0 Å². The maximum atomic E-state index is 6.48. The van der Waals surface area contributed by atoms with Crippen LogP contribution in [-0.2, 0) is 18.9 Å². The molecule has 4 nitrogen and oxygen atoms in total. The summed E-state index contributed by atoms with van der Waals surface area (Å²) in [6, 6.07) is 0. The molecule has 32 heavy (non-hydrogen) atoms. The monoisotopic (exact) mass is 458 g/mol. The molecule has 0 bridgehead atoms. The Morgan fingerprint density at radius 1 is 0.438 bits per heavy atom. The van der Waals surface area contributed by atoms with E-state index in [0.717, 1.165) is 45.1 Å². The van der Waals surface area contributed by atoms with Crippen molar-refractivity contribution in [1.29, 1.82) is 0 Å². The van der Waals surface area contributed by atoms with Gasteiger partial charge < -0.3 is 18.9 Å². The van der Waals surface area contributed by atoms with Gasteiger partial charge in [0.1, 0.15) is 6.10 Å². The molecular formula is C28H58O4. The van der Waals surface area contributed by atoms with Crippen LogP contribution in [0.1, 0.15) is 144 Å². The summed E-state index contributed by atoms with van der Waals surface area (Å²) in [5.74, 6) is -1.06. The van der Waals surface area contributed by atoms with E-state index in [0.29, 0.717) is 19.8 Å². The van der Waals surface area contributed by atoms with Crippen LogP contribution < -0.4 is 0 Å². The van der Waals surface area contributed by atoms with Gasteiger partial charge in [0.2, 0.25) is 0 Å². The van der Waals surface area contributed by atoms with E-state index in [1.165, 1.54) is 70.6 Å². The highest BCUT2D eigenvalue weighted by molar-refractivity contribution is 4.74. The topological polar surface area (TPSA) is 36.9 Å². The van der Waals surface area contributed by atoms with Crippen molar-refractivity contribution >= 4 is 0 Å². The quantitative estimate of drug-likeness (QED) is 0.0958. The van der Waals surface area contributed by atoms with E-state index in [2.05, 4.69) is 34.6 Å². The molecule has 0 spiro atoms. The number of rotatable bonds is 26. The SMILES string of the molecule is CCCCCCCCC(OCCC)C(OCCCCC)(OCCCCC)OCCCCC. The van der Waals surface area contributed by atoms with Gasteiger partial charge >= 0.3 is 5.97 Å². The van der Waals surface area contributed by atoms with E-state index in [-0.39, 0.29) is 6.10 Å². The van der Waals surface area contributed by atoms with Gasteiger partial charge in [0.25, 0.3) is 0 Å². The molecule has 0 aliphatic rings. The second kappa shape index (κ2) is 24.0. The lowest BCUT2D eigenvalue weighted by Gasteiger charge is -2.39. The molecule has 4 heteroatoms. The lowest BCUT2D eigenvalue weighted by molar-refractivity contribution is -0.419. The largest absolute Gasteiger partial charge is 0.370 e. The van der Waals surface area contributed by atoms with Crippen LogP contribution in [0.4, 0.5) is 0 Å². The average Bonchev–Trinajstić information content (AvgIpc) is 2.81. The first kappa shape index (κ1) is 31.8. The fourth-order valence-electron chi connectivity index (χ4n) is 3.84. The summed E-state index contributed by atoms with van der Waals surface area (Å²) in [5.41, 5.74) is 0. The summed E-state index contributed by atoms with van der Waals surface area (Å²) in [7, 11) is 0. The molecule has 0 fully saturated rings. The lowest BCUT2D eigenvalue weighted by Crippen LogP contribution is -2.52. The van der Waals surface area contributed by atoms with Crippen molar-refractivity contribution in [2.45, 2.75) is 156 Å².